The molecular weight excluding hydrogens is 348 g/mol. The lowest BCUT2D eigenvalue weighted by Crippen LogP contribution is -2.46. The Morgan fingerprint density at radius 2 is 1.96 bits per heavy atom. The third-order valence-corrected chi connectivity index (χ3v) is 4.52. The number of methoxy groups -OCH3 is 1. The summed E-state index contributed by atoms with van der Waals surface area (Å²) < 4.78 is 10.1. The summed E-state index contributed by atoms with van der Waals surface area (Å²) in [5.74, 6) is -1.13. The van der Waals surface area contributed by atoms with Gasteiger partial charge in [0.1, 0.15) is 11.5 Å². The van der Waals surface area contributed by atoms with Gasteiger partial charge < -0.3 is 24.8 Å². The van der Waals surface area contributed by atoms with Crippen molar-refractivity contribution in [2.75, 3.05) is 31.7 Å². The SMILES string of the molecule is COC(=O)C(CO)c1cccc(N2CCC(NC(=O)OC(C)(C)C)CC2)c1. The number of benzene rings is 1. The molecule has 0 aliphatic carbocycles. The smallest absolute Gasteiger partial charge is 0.407 e. The Bertz CT molecular complexity index is 648. The van der Waals surface area contributed by atoms with Gasteiger partial charge in [0.2, 0.25) is 0 Å². The number of rotatable bonds is 5. The number of aliphatic hydroxyl groups excluding tert-OH is 1. The van der Waals surface area contributed by atoms with E-state index < -0.39 is 17.5 Å². The van der Waals surface area contributed by atoms with E-state index in [1.807, 2.05) is 45.0 Å². The number of esters is 1. The Balaban J connectivity index is 1.95. The lowest BCUT2D eigenvalue weighted by Gasteiger charge is -2.34. The van der Waals surface area contributed by atoms with Gasteiger partial charge in [-0.3, -0.25) is 4.79 Å². The van der Waals surface area contributed by atoms with Crippen molar-refractivity contribution in [2.45, 2.75) is 51.2 Å². The van der Waals surface area contributed by atoms with Gasteiger partial charge >= 0.3 is 12.1 Å². The van der Waals surface area contributed by atoms with Crippen LogP contribution in [0.5, 0.6) is 0 Å². The van der Waals surface area contributed by atoms with E-state index in [4.69, 9.17) is 9.47 Å². The highest BCUT2D eigenvalue weighted by molar-refractivity contribution is 5.78. The van der Waals surface area contributed by atoms with Crippen LogP contribution in [-0.4, -0.2) is 55.6 Å². The zero-order valence-electron chi connectivity index (χ0n) is 16.5. The standard InChI is InChI=1S/C20H30N2O5/c1-20(2,3)27-19(25)21-15-8-10-22(11-9-15)16-7-5-6-14(12-16)17(13-23)18(24)26-4/h5-7,12,15,17,23H,8-11,13H2,1-4H3,(H,21,25). The molecule has 1 saturated heterocycles. The van der Waals surface area contributed by atoms with Gasteiger partial charge in [0.05, 0.1) is 13.7 Å². The topological polar surface area (TPSA) is 88.1 Å². The second-order valence-electron chi connectivity index (χ2n) is 7.76. The average molecular weight is 378 g/mol. The van der Waals surface area contributed by atoms with Crippen molar-refractivity contribution in [3.63, 3.8) is 0 Å². The zero-order chi connectivity index (χ0) is 20.0. The van der Waals surface area contributed by atoms with Crippen LogP contribution < -0.4 is 10.2 Å². The molecule has 1 fully saturated rings. The molecule has 0 bridgehead atoms. The monoisotopic (exact) mass is 378 g/mol. The summed E-state index contributed by atoms with van der Waals surface area (Å²) in [5, 5.41) is 12.4. The van der Waals surface area contributed by atoms with Crippen LogP contribution in [0.4, 0.5) is 10.5 Å². The van der Waals surface area contributed by atoms with Gasteiger partial charge in [-0.15, -0.1) is 0 Å². The second-order valence-corrected chi connectivity index (χ2v) is 7.76. The van der Waals surface area contributed by atoms with Gasteiger partial charge in [0.15, 0.2) is 0 Å². The number of ether oxygens (including phenoxy) is 2. The Kier molecular flexibility index (Phi) is 7.07. The normalized spacial score (nSPS) is 16.6. The predicted octanol–water partition coefficient (Wildman–Crippen LogP) is 2.43. The number of nitrogens with one attached hydrogen (secondary N) is 1. The van der Waals surface area contributed by atoms with Crippen molar-refractivity contribution in [3.8, 4) is 0 Å². The van der Waals surface area contributed by atoms with Crippen molar-refractivity contribution in [1.29, 1.82) is 0 Å². The third kappa shape index (κ3) is 6.13. The first-order valence-corrected chi connectivity index (χ1v) is 9.26. The third-order valence-electron chi connectivity index (χ3n) is 4.52. The molecule has 2 rings (SSSR count). The number of nitrogens with zero attached hydrogens (tertiary/aromatic N) is 1. The highest BCUT2D eigenvalue weighted by Crippen LogP contribution is 2.25. The number of hydrogen-bond acceptors (Lipinski definition) is 6. The van der Waals surface area contributed by atoms with Gasteiger partial charge in [-0.2, -0.15) is 0 Å². The lowest BCUT2D eigenvalue weighted by atomic mass is 9.98. The molecular formula is C20H30N2O5. The first-order valence-electron chi connectivity index (χ1n) is 9.26. The first-order chi connectivity index (χ1) is 12.7. The van der Waals surface area contributed by atoms with Crippen LogP contribution in [0.1, 0.15) is 45.1 Å². The molecule has 1 aliphatic heterocycles. The maximum absolute atomic E-state index is 11.9. The number of anilines is 1. The highest BCUT2D eigenvalue weighted by atomic mass is 16.6. The molecule has 2 N–H and O–H groups in total. The van der Waals surface area contributed by atoms with E-state index in [1.54, 1.807) is 0 Å². The van der Waals surface area contributed by atoms with Gasteiger partial charge in [0, 0.05) is 24.8 Å². The highest BCUT2D eigenvalue weighted by Gasteiger charge is 2.25. The van der Waals surface area contributed by atoms with Crippen molar-refractivity contribution < 1.29 is 24.2 Å². The summed E-state index contributed by atoms with van der Waals surface area (Å²) in [4.78, 5) is 25.9. The number of carbonyl (C=O) groups excluding carboxylic acids is 2. The zero-order valence-corrected chi connectivity index (χ0v) is 16.5. The van der Waals surface area contributed by atoms with Crippen LogP contribution >= 0.6 is 0 Å². The number of aliphatic hydroxyl groups is 1. The minimum atomic E-state index is -0.679. The van der Waals surface area contributed by atoms with Crippen molar-refractivity contribution in [1.82, 2.24) is 5.32 Å². The molecule has 150 valence electrons. The van der Waals surface area contributed by atoms with Crippen molar-refractivity contribution >= 4 is 17.7 Å². The fourth-order valence-electron chi connectivity index (χ4n) is 3.15. The Morgan fingerprint density at radius 1 is 1.30 bits per heavy atom. The minimum Gasteiger partial charge on any atom is -0.468 e. The lowest BCUT2D eigenvalue weighted by molar-refractivity contribution is -0.143. The molecule has 0 spiro atoms. The van der Waals surface area contributed by atoms with E-state index >= 15 is 0 Å². The van der Waals surface area contributed by atoms with Crippen LogP contribution in [-0.2, 0) is 14.3 Å². The number of amides is 1. The first kappa shape index (κ1) is 21.0. The molecule has 0 radical (unpaired) electrons. The molecule has 1 aromatic rings. The summed E-state index contributed by atoms with van der Waals surface area (Å²) in [7, 11) is 1.32. The Morgan fingerprint density at radius 3 is 2.52 bits per heavy atom. The van der Waals surface area contributed by atoms with E-state index in [2.05, 4.69) is 10.2 Å². The summed E-state index contributed by atoms with van der Waals surface area (Å²) in [6.07, 6.45) is 1.24. The summed E-state index contributed by atoms with van der Waals surface area (Å²) in [5.41, 5.74) is 1.22. The Labute approximate surface area is 160 Å². The van der Waals surface area contributed by atoms with E-state index in [1.165, 1.54) is 7.11 Å². The summed E-state index contributed by atoms with van der Waals surface area (Å²) in [6, 6.07) is 7.68. The number of alkyl carbamates (subject to hydrolysis) is 1. The van der Waals surface area contributed by atoms with E-state index in [-0.39, 0.29) is 18.7 Å². The number of carbonyl (C=O) groups is 2. The van der Waals surface area contributed by atoms with E-state index in [0.717, 1.165) is 37.2 Å². The molecule has 1 unspecified atom stereocenters. The quantitative estimate of drug-likeness (QED) is 0.765. The largest absolute Gasteiger partial charge is 0.468 e. The van der Waals surface area contributed by atoms with Crippen molar-refractivity contribution in [3.05, 3.63) is 29.8 Å². The second kappa shape index (κ2) is 9.08. The predicted molar refractivity (Wildman–Crippen MR) is 103 cm³/mol. The Hall–Kier alpha value is -2.28. The number of piperidine rings is 1. The molecule has 27 heavy (non-hydrogen) atoms. The van der Waals surface area contributed by atoms with Crippen LogP contribution in [0.2, 0.25) is 0 Å². The summed E-state index contributed by atoms with van der Waals surface area (Å²) in [6.45, 7) is 6.80. The fraction of sp³-hybridized carbons (Fsp3) is 0.600. The van der Waals surface area contributed by atoms with Crippen molar-refractivity contribution in [2.24, 2.45) is 0 Å². The molecule has 1 aromatic carbocycles. The van der Waals surface area contributed by atoms with Gasteiger partial charge in [-0.1, -0.05) is 12.1 Å². The molecule has 1 amide bonds. The van der Waals surface area contributed by atoms with Crippen LogP contribution in [0.25, 0.3) is 0 Å². The minimum absolute atomic E-state index is 0.0829. The molecule has 0 saturated carbocycles. The maximum Gasteiger partial charge on any atom is 0.407 e. The van der Waals surface area contributed by atoms with Crippen LogP contribution in [0.3, 0.4) is 0 Å². The van der Waals surface area contributed by atoms with Gasteiger partial charge in [-0.05, 0) is 51.3 Å². The van der Waals surface area contributed by atoms with E-state index in [0.29, 0.717) is 0 Å². The molecule has 1 heterocycles. The van der Waals surface area contributed by atoms with Gasteiger partial charge in [-0.25, -0.2) is 4.79 Å². The van der Waals surface area contributed by atoms with Crippen LogP contribution in [0.15, 0.2) is 24.3 Å². The van der Waals surface area contributed by atoms with E-state index in [9.17, 15) is 14.7 Å². The number of hydrogen-bond donors (Lipinski definition) is 2. The molecule has 1 aliphatic rings. The fourth-order valence-corrected chi connectivity index (χ4v) is 3.15. The molecule has 0 aromatic heterocycles. The summed E-state index contributed by atoms with van der Waals surface area (Å²) >= 11 is 0. The van der Waals surface area contributed by atoms with Crippen LogP contribution in [0, 0.1) is 0 Å². The maximum atomic E-state index is 11.9. The molecule has 7 heteroatoms. The van der Waals surface area contributed by atoms with Gasteiger partial charge in [0.25, 0.3) is 0 Å². The molecule has 7 nitrogen and oxygen atoms in total. The average Bonchev–Trinajstić information content (AvgIpc) is 2.61. The molecule has 1 atom stereocenters.